The standard InChI is InChI=1S/C23H24BrN7O2/c1-23(21(32)33)6-4-15(11-23)28-22-27-12-17-19(24)30-31(20(17)29-22)16-9-13-3-2-8-26-18(13)14(10-16)5-7-25/h2-3,8-10,12,15H,4-7,11,25H2,1H3,(H,32,33)(H,27,28,29)/t15-,23+/m1/s1. The first-order valence-electron chi connectivity index (χ1n) is 10.9. The molecule has 0 radical (unpaired) electrons. The van der Waals surface area contributed by atoms with Gasteiger partial charge in [-0.15, -0.1) is 0 Å². The number of aromatic nitrogens is 5. The molecule has 4 N–H and O–H groups in total. The number of fused-ring (bicyclic) bond motifs is 2. The van der Waals surface area contributed by atoms with E-state index in [9.17, 15) is 9.90 Å². The lowest BCUT2D eigenvalue weighted by atomic mass is 9.89. The zero-order valence-corrected chi connectivity index (χ0v) is 19.7. The molecule has 1 aliphatic rings. The summed E-state index contributed by atoms with van der Waals surface area (Å²) in [6, 6.07) is 8.02. The summed E-state index contributed by atoms with van der Waals surface area (Å²) in [5.41, 5.74) is 8.63. The molecule has 5 rings (SSSR count). The Morgan fingerprint density at radius 2 is 2.24 bits per heavy atom. The maximum Gasteiger partial charge on any atom is 0.309 e. The number of benzene rings is 1. The Bertz CT molecular complexity index is 1370. The van der Waals surface area contributed by atoms with Gasteiger partial charge in [0.05, 0.1) is 22.0 Å². The molecule has 1 aromatic carbocycles. The van der Waals surface area contributed by atoms with Gasteiger partial charge in [0.15, 0.2) is 5.65 Å². The van der Waals surface area contributed by atoms with Crippen LogP contribution in [0.5, 0.6) is 0 Å². The normalized spacial score (nSPS) is 20.5. The summed E-state index contributed by atoms with van der Waals surface area (Å²) in [6.07, 6.45) is 6.13. The van der Waals surface area contributed by atoms with E-state index in [-0.39, 0.29) is 6.04 Å². The highest BCUT2D eigenvalue weighted by molar-refractivity contribution is 9.10. The number of nitrogens with one attached hydrogen (secondary N) is 1. The molecule has 10 heteroatoms. The van der Waals surface area contributed by atoms with Gasteiger partial charge in [0.1, 0.15) is 4.60 Å². The van der Waals surface area contributed by atoms with Crippen molar-refractivity contribution in [2.45, 2.75) is 38.6 Å². The largest absolute Gasteiger partial charge is 0.481 e. The number of halogens is 1. The zero-order valence-electron chi connectivity index (χ0n) is 18.1. The van der Waals surface area contributed by atoms with E-state index in [1.165, 1.54) is 0 Å². The minimum atomic E-state index is -0.760. The average Bonchev–Trinajstić information content (AvgIpc) is 3.34. The van der Waals surface area contributed by atoms with Gasteiger partial charge >= 0.3 is 5.97 Å². The van der Waals surface area contributed by atoms with E-state index >= 15 is 0 Å². The van der Waals surface area contributed by atoms with Gasteiger partial charge in [0.25, 0.3) is 0 Å². The number of hydrogen-bond acceptors (Lipinski definition) is 7. The van der Waals surface area contributed by atoms with Crippen LogP contribution in [0.1, 0.15) is 31.7 Å². The van der Waals surface area contributed by atoms with Crippen LogP contribution in [0.25, 0.3) is 27.6 Å². The van der Waals surface area contributed by atoms with Crippen molar-refractivity contribution < 1.29 is 9.90 Å². The second-order valence-electron chi connectivity index (χ2n) is 8.80. The van der Waals surface area contributed by atoms with Gasteiger partial charge in [-0.25, -0.2) is 9.67 Å². The van der Waals surface area contributed by atoms with Crippen LogP contribution in [0.2, 0.25) is 0 Å². The first kappa shape index (κ1) is 21.7. The van der Waals surface area contributed by atoms with E-state index in [1.807, 2.05) is 24.3 Å². The Morgan fingerprint density at radius 3 is 3.00 bits per heavy atom. The minimum absolute atomic E-state index is 0.00580. The Labute approximate surface area is 198 Å². The predicted octanol–water partition coefficient (Wildman–Crippen LogP) is 3.68. The number of hydrogen-bond donors (Lipinski definition) is 3. The van der Waals surface area contributed by atoms with Gasteiger partial charge < -0.3 is 16.2 Å². The van der Waals surface area contributed by atoms with Gasteiger partial charge in [-0.1, -0.05) is 6.07 Å². The monoisotopic (exact) mass is 509 g/mol. The fourth-order valence-electron chi connectivity index (χ4n) is 4.58. The Balaban J connectivity index is 1.54. The molecular formula is C23H24BrN7O2. The lowest BCUT2D eigenvalue weighted by Crippen LogP contribution is -2.27. The molecule has 9 nitrogen and oxygen atoms in total. The third-order valence-corrected chi connectivity index (χ3v) is 6.98. The molecule has 0 spiro atoms. The number of carboxylic acid groups (broad SMARTS) is 1. The summed E-state index contributed by atoms with van der Waals surface area (Å²) in [4.78, 5) is 25.3. The van der Waals surface area contributed by atoms with Crippen LogP contribution in [0.15, 0.2) is 41.3 Å². The molecule has 170 valence electrons. The van der Waals surface area contributed by atoms with Crippen molar-refractivity contribution in [3.63, 3.8) is 0 Å². The molecule has 3 heterocycles. The number of carboxylic acids is 1. The quantitative estimate of drug-likeness (QED) is 0.358. The van der Waals surface area contributed by atoms with Crippen LogP contribution >= 0.6 is 15.9 Å². The van der Waals surface area contributed by atoms with E-state index in [0.29, 0.717) is 42.0 Å². The Hall–Kier alpha value is -3.11. The maximum atomic E-state index is 11.6. The molecule has 0 aliphatic heterocycles. The summed E-state index contributed by atoms with van der Waals surface area (Å²) in [7, 11) is 0. The van der Waals surface area contributed by atoms with Crippen molar-refractivity contribution in [3.05, 3.63) is 46.8 Å². The molecule has 0 saturated heterocycles. The third-order valence-electron chi connectivity index (χ3n) is 6.40. The Kier molecular flexibility index (Phi) is 5.49. The van der Waals surface area contributed by atoms with Crippen LogP contribution < -0.4 is 11.1 Å². The summed E-state index contributed by atoms with van der Waals surface area (Å²) >= 11 is 3.53. The number of nitrogens with two attached hydrogens (primary N) is 1. The fourth-order valence-corrected chi connectivity index (χ4v) is 5.02. The summed E-state index contributed by atoms with van der Waals surface area (Å²) < 4.78 is 2.43. The minimum Gasteiger partial charge on any atom is -0.481 e. The molecule has 1 fully saturated rings. The van der Waals surface area contributed by atoms with Crippen LogP contribution in [-0.4, -0.2) is 48.4 Å². The summed E-state index contributed by atoms with van der Waals surface area (Å²) in [5, 5.41) is 19.3. The van der Waals surface area contributed by atoms with Crippen molar-refractivity contribution in [1.82, 2.24) is 24.7 Å². The van der Waals surface area contributed by atoms with Gasteiger partial charge in [-0.3, -0.25) is 9.78 Å². The van der Waals surface area contributed by atoms with Crippen LogP contribution in [0.4, 0.5) is 5.95 Å². The highest BCUT2D eigenvalue weighted by atomic mass is 79.9. The zero-order chi connectivity index (χ0) is 23.2. The van der Waals surface area contributed by atoms with Gasteiger partial charge in [-0.2, -0.15) is 10.1 Å². The van der Waals surface area contributed by atoms with E-state index in [2.05, 4.69) is 36.3 Å². The lowest BCUT2D eigenvalue weighted by Gasteiger charge is -2.18. The predicted molar refractivity (Wildman–Crippen MR) is 129 cm³/mol. The number of aliphatic carboxylic acids is 1. The highest BCUT2D eigenvalue weighted by Gasteiger charge is 2.41. The highest BCUT2D eigenvalue weighted by Crippen LogP contribution is 2.39. The first-order valence-corrected chi connectivity index (χ1v) is 11.7. The summed E-state index contributed by atoms with van der Waals surface area (Å²) in [6.45, 7) is 2.31. The fraction of sp³-hybridized carbons (Fsp3) is 0.348. The second kappa shape index (κ2) is 8.35. The third kappa shape index (κ3) is 3.93. The van der Waals surface area contributed by atoms with E-state index < -0.39 is 11.4 Å². The number of rotatable bonds is 6. The molecule has 2 atom stereocenters. The van der Waals surface area contributed by atoms with Crippen LogP contribution in [0.3, 0.4) is 0 Å². The molecule has 3 aromatic heterocycles. The molecule has 1 aliphatic carbocycles. The van der Waals surface area contributed by atoms with E-state index in [0.717, 1.165) is 34.0 Å². The molecule has 0 amide bonds. The average molecular weight is 510 g/mol. The van der Waals surface area contributed by atoms with Crippen LogP contribution in [-0.2, 0) is 11.2 Å². The summed E-state index contributed by atoms with van der Waals surface area (Å²) in [5.74, 6) is -0.301. The van der Waals surface area contributed by atoms with Crippen molar-refractivity contribution >= 4 is 49.8 Å². The molecule has 4 aromatic rings. The first-order chi connectivity index (χ1) is 15.9. The SMILES string of the molecule is C[C@]1(C(=O)O)CC[C@@H](Nc2ncc3c(Br)nn(-c4cc(CCN)c5ncccc5c4)c3n2)C1. The van der Waals surface area contributed by atoms with Gasteiger partial charge in [0.2, 0.25) is 5.95 Å². The van der Waals surface area contributed by atoms with Crippen LogP contribution in [0, 0.1) is 5.41 Å². The van der Waals surface area contributed by atoms with Crippen molar-refractivity contribution in [1.29, 1.82) is 0 Å². The Morgan fingerprint density at radius 1 is 1.39 bits per heavy atom. The number of anilines is 1. The van der Waals surface area contributed by atoms with Crippen molar-refractivity contribution in [3.8, 4) is 5.69 Å². The second-order valence-corrected chi connectivity index (χ2v) is 9.55. The molecule has 0 bridgehead atoms. The maximum absolute atomic E-state index is 11.6. The lowest BCUT2D eigenvalue weighted by molar-refractivity contribution is -0.147. The topological polar surface area (TPSA) is 132 Å². The van der Waals surface area contributed by atoms with E-state index in [1.54, 1.807) is 24.0 Å². The number of pyridine rings is 1. The molecule has 1 saturated carbocycles. The van der Waals surface area contributed by atoms with Crippen molar-refractivity contribution in [2.75, 3.05) is 11.9 Å². The van der Waals surface area contributed by atoms with Gasteiger partial charge in [0, 0.05) is 23.8 Å². The molecule has 0 unspecified atom stereocenters. The number of nitrogens with zero attached hydrogens (tertiary/aromatic N) is 5. The smallest absolute Gasteiger partial charge is 0.309 e. The van der Waals surface area contributed by atoms with Crippen molar-refractivity contribution in [2.24, 2.45) is 11.1 Å². The van der Waals surface area contributed by atoms with E-state index in [4.69, 9.17) is 10.7 Å². The number of carbonyl (C=O) groups is 1. The molecular weight excluding hydrogens is 486 g/mol. The van der Waals surface area contributed by atoms with Gasteiger partial charge in [-0.05, 0) is 78.8 Å². The molecule has 33 heavy (non-hydrogen) atoms.